The van der Waals surface area contributed by atoms with Crippen molar-refractivity contribution in [3.05, 3.63) is 53.6 Å². The van der Waals surface area contributed by atoms with Gasteiger partial charge >= 0.3 is 0 Å². The monoisotopic (exact) mass is 341 g/mol. The fourth-order valence-electron chi connectivity index (χ4n) is 2.38. The van der Waals surface area contributed by atoms with Crippen LogP contribution in [-0.4, -0.2) is 31.6 Å². The fraction of sp³-hybridized carbons (Fsp3) is 0.211. The highest BCUT2D eigenvalue weighted by Crippen LogP contribution is 2.28. The summed E-state index contributed by atoms with van der Waals surface area (Å²) in [6.07, 6.45) is -0.735. The number of anilines is 1. The van der Waals surface area contributed by atoms with Gasteiger partial charge in [0.1, 0.15) is 5.78 Å². The highest BCUT2D eigenvalue weighted by Gasteiger charge is 2.18. The van der Waals surface area contributed by atoms with E-state index in [-0.39, 0.29) is 24.2 Å². The van der Waals surface area contributed by atoms with Gasteiger partial charge in [0.05, 0.1) is 27.1 Å². The molecule has 0 bridgehead atoms. The van der Waals surface area contributed by atoms with Crippen LogP contribution in [0.15, 0.2) is 42.5 Å². The fourth-order valence-corrected chi connectivity index (χ4v) is 2.38. The average molecular weight is 341 g/mol. The van der Waals surface area contributed by atoms with Gasteiger partial charge in [0.2, 0.25) is 0 Å². The first-order valence-corrected chi connectivity index (χ1v) is 7.61. The van der Waals surface area contributed by atoms with Gasteiger partial charge in [-0.15, -0.1) is 0 Å². The van der Waals surface area contributed by atoms with E-state index >= 15 is 0 Å². The number of methoxy groups -OCH3 is 2. The summed E-state index contributed by atoms with van der Waals surface area (Å²) in [5.74, 6) is -0.370. The van der Waals surface area contributed by atoms with Crippen molar-refractivity contribution < 1.29 is 23.9 Å². The lowest BCUT2D eigenvalue weighted by atomic mass is 9.99. The van der Waals surface area contributed by atoms with E-state index < -0.39 is 11.6 Å². The average Bonchev–Trinajstić information content (AvgIpc) is 2.61. The Bertz CT molecular complexity index is 813. The van der Waals surface area contributed by atoms with Gasteiger partial charge in [-0.2, -0.15) is 0 Å². The summed E-state index contributed by atoms with van der Waals surface area (Å²) in [7, 11) is 2.95. The zero-order valence-electron chi connectivity index (χ0n) is 14.1. The third-order valence-electron chi connectivity index (χ3n) is 3.68. The minimum Gasteiger partial charge on any atom is -0.493 e. The Hall–Kier alpha value is -3.15. The standard InChI is InChI=1S/C19H19NO5/c1-24-18-8-7-12(9-19(18)25-2)16(22)10-13(21)11-17(23)14-5-3-4-6-15(14)20/h3-9H,10-11,20H2,1-2H3. The zero-order valence-corrected chi connectivity index (χ0v) is 14.1. The van der Waals surface area contributed by atoms with Gasteiger partial charge in [-0.05, 0) is 30.3 Å². The number of hydrogen-bond donors (Lipinski definition) is 1. The van der Waals surface area contributed by atoms with Gasteiger partial charge in [-0.25, -0.2) is 0 Å². The lowest BCUT2D eigenvalue weighted by molar-refractivity contribution is -0.117. The SMILES string of the molecule is COc1ccc(C(=O)CC(=O)CC(=O)c2ccccc2N)cc1OC. The molecule has 6 heteroatoms. The molecule has 0 aromatic heterocycles. The van der Waals surface area contributed by atoms with Crippen LogP contribution < -0.4 is 15.2 Å². The first kappa shape index (κ1) is 18.2. The predicted molar refractivity (Wildman–Crippen MR) is 93.3 cm³/mol. The second-order valence-electron chi connectivity index (χ2n) is 5.40. The molecule has 0 atom stereocenters. The maximum absolute atomic E-state index is 12.3. The van der Waals surface area contributed by atoms with Crippen molar-refractivity contribution in [1.82, 2.24) is 0 Å². The van der Waals surface area contributed by atoms with Crippen LogP contribution in [0.5, 0.6) is 11.5 Å². The number of para-hydroxylation sites is 1. The molecule has 2 aromatic rings. The lowest BCUT2D eigenvalue weighted by Gasteiger charge is -2.09. The molecule has 25 heavy (non-hydrogen) atoms. The molecule has 0 aliphatic heterocycles. The summed E-state index contributed by atoms with van der Waals surface area (Å²) in [4.78, 5) is 36.4. The topological polar surface area (TPSA) is 95.7 Å². The van der Waals surface area contributed by atoms with Crippen LogP contribution in [0.4, 0.5) is 5.69 Å². The molecule has 0 radical (unpaired) electrons. The normalized spacial score (nSPS) is 10.2. The van der Waals surface area contributed by atoms with E-state index in [2.05, 4.69) is 0 Å². The van der Waals surface area contributed by atoms with Crippen LogP contribution in [0.25, 0.3) is 0 Å². The summed E-state index contributed by atoms with van der Waals surface area (Å²) in [6.45, 7) is 0. The van der Waals surface area contributed by atoms with Crippen molar-refractivity contribution in [2.75, 3.05) is 20.0 Å². The lowest BCUT2D eigenvalue weighted by Crippen LogP contribution is -2.14. The highest BCUT2D eigenvalue weighted by atomic mass is 16.5. The number of ether oxygens (including phenoxy) is 2. The van der Waals surface area contributed by atoms with Gasteiger partial charge in [0.25, 0.3) is 0 Å². The van der Waals surface area contributed by atoms with E-state index in [1.165, 1.54) is 20.3 Å². The number of nitrogens with two attached hydrogens (primary N) is 1. The van der Waals surface area contributed by atoms with Crippen molar-refractivity contribution in [2.24, 2.45) is 0 Å². The number of nitrogen functional groups attached to an aromatic ring is 1. The van der Waals surface area contributed by atoms with Crippen molar-refractivity contribution >= 4 is 23.0 Å². The summed E-state index contributed by atoms with van der Waals surface area (Å²) >= 11 is 0. The first-order chi connectivity index (χ1) is 12.0. The Balaban J connectivity index is 2.04. The third-order valence-corrected chi connectivity index (χ3v) is 3.68. The van der Waals surface area contributed by atoms with Gasteiger partial charge in [0, 0.05) is 16.8 Å². The first-order valence-electron chi connectivity index (χ1n) is 7.61. The molecule has 0 unspecified atom stereocenters. The van der Waals surface area contributed by atoms with Crippen LogP contribution in [0.3, 0.4) is 0 Å². The second kappa shape index (κ2) is 8.10. The van der Waals surface area contributed by atoms with Gasteiger partial charge in [-0.3, -0.25) is 14.4 Å². The predicted octanol–water partition coefficient (Wildman–Crippen LogP) is 2.70. The molecule has 0 fully saturated rings. The maximum Gasteiger partial charge on any atom is 0.172 e. The number of rotatable bonds is 8. The van der Waals surface area contributed by atoms with Gasteiger partial charge < -0.3 is 15.2 Å². The molecule has 2 N–H and O–H groups in total. The molecule has 0 saturated heterocycles. The van der Waals surface area contributed by atoms with E-state index in [9.17, 15) is 14.4 Å². The Morgan fingerprint density at radius 1 is 0.880 bits per heavy atom. The summed E-state index contributed by atoms with van der Waals surface area (Å²) in [5, 5.41) is 0. The van der Waals surface area contributed by atoms with E-state index in [1.807, 2.05) is 0 Å². The van der Waals surface area contributed by atoms with Crippen LogP contribution in [0.1, 0.15) is 33.6 Å². The molecule has 0 heterocycles. The quantitative estimate of drug-likeness (QED) is 0.450. The van der Waals surface area contributed by atoms with Crippen molar-refractivity contribution in [3.8, 4) is 11.5 Å². The second-order valence-corrected chi connectivity index (χ2v) is 5.40. The molecule has 0 aliphatic rings. The van der Waals surface area contributed by atoms with Crippen molar-refractivity contribution in [3.63, 3.8) is 0 Å². The van der Waals surface area contributed by atoms with E-state index in [0.29, 0.717) is 22.7 Å². The van der Waals surface area contributed by atoms with E-state index in [4.69, 9.17) is 15.2 Å². The number of carbonyl (C=O) groups is 3. The van der Waals surface area contributed by atoms with Gasteiger partial charge in [-0.1, -0.05) is 12.1 Å². The molecule has 2 aromatic carbocycles. The zero-order chi connectivity index (χ0) is 18.4. The van der Waals surface area contributed by atoms with E-state index in [1.54, 1.807) is 36.4 Å². The molecular formula is C19H19NO5. The molecular weight excluding hydrogens is 322 g/mol. The molecule has 0 amide bonds. The maximum atomic E-state index is 12.3. The Labute approximate surface area is 145 Å². The third kappa shape index (κ3) is 4.44. The van der Waals surface area contributed by atoms with Crippen LogP contribution in [0.2, 0.25) is 0 Å². The minimum absolute atomic E-state index is 0.286. The molecule has 2 rings (SSSR count). The number of benzene rings is 2. The molecule has 0 spiro atoms. The molecule has 0 saturated carbocycles. The van der Waals surface area contributed by atoms with Crippen LogP contribution in [-0.2, 0) is 4.79 Å². The molecule has 0 aliphatic carbocycles. The number of carbonyl (C=O) groups excluding carboxylic acids is 3. The van der Waals surface area contributed by atoms with E-state index in [0.717, 1.165) is 0 Å². The molecule has 6 nitrogen and oxygen atoms in total. The number of hydrogen-bond acceptors (Lipinski definition) is 6. The number of ketones is 3. The Kier molecular flexibility index (Phi) is 5.89. The van der Waals surface area contributed by atoms with Crippen LogP contribution >= 0.6 is 0 Å². The summed E-state index contributed by atoms with van der Waals surface area (Å²) < 4.78 is 10.2. The van der Waals surface area contributed by atoms with Gasteiger partial charge in [0.15, 0.2) is 23.1 Å². The van der Waals surface area contributed by atoms with Crippen molar-refractivity contribution in [2.45, 2.75) is 12.8 Å². The summed E-state index contributed by atoms with van der Waals surface area (Å²) in [5.41, 5.74) is 6.64. The largest absolute Gasteiger partial charge is 0.493 e. The molecule has 130 valence electrons. The highest BCUT2D eigenvalue weighted by molar-refractivity contribution is 6.16. The summed E-state index contributed by atoms with van der Waals surface area (Å²) in [6, 6.07) is 11.2. The smallest absolute Gasteiger partial charge is 0.172 e. The number of Topliss-reactive ketones (excluding diaryl/α,β-unsaturated/α-hetero) is 3. The Morgan fingerprint density at radius 2 is 1.52 bits per heavy atom. The van der Waals surface area contributed by atoms with Crippen LogP contribution in [0, 0.1) is 0 Å². The van der Waals surface area contributed by atoms with Crippen molar-refractivity contribution in [1.29, 1.82) is 0 Å². The Morgan fingerprint density at radius 3 is 2.16 bits per heavy atom. The minimum atomic E-state index is -0.465.